The summed E-state index contributed by atoms with van der Waals surface area (Å²) in [5.74, 6) is -1.38. The van der Waals surface area contributed by atoms with Gasteiger partial charge in [0, 0.05) is 16.7 Å². The molecule has 0 unspecified atom stereocenters. The van der Waals surface area contributed by atoms with Crippen LogP contribution in [0.5, 0.6) is 0 Å². The van der Waals surface area contributed by atoms with Crippen LogP contribution in [0.15, 0.2) is 36.5 Å². The van der Waals surface area contributed by atoms with Crippen molar-refractivity contribution in [3.63, 3.8) is 0 Å². The maximum absolute atomic E-state index is 11.5. The van der Waals surface area contributed by atoms with Crippen LogP contribution in [0.3, 0.4) is 0 Å². The zero-order valence-electron chi connectivity index (χ0n) is 16.3. The summed E-state index contributed by atoms with van der Waals surface area (Å²) in [6, 6.07) is 0. The SMILES string of the molecule is C=C(C)C(=O)OCC[N+](C)(CCOC(=O)C(=C)C)CCOC(=O)C(=C)C. The summed E-state index contributed by atoms with van der Waals surface area (Å²) in [6.45, 7) is 17.2. The van der Waals surface area contributed by atoms with E-state index in [4.69, 9.17) is 14.2 Å². The van der Waals surface area contributed by atoms with Crippen molar-refractivity contribution in [2.75, 3.05) is 46.5 Å². The maximum atomic E-state index is 11.5. The average Bonchev–Trinajstić information content (AvgIpc) is 2.54. The fourth-order valence-corrected chi connectivity index (χ4v) is 1.78. The molecule has 0 rings (SSSR count). The number of esters is 3. The van der Waals surface area contributed by atoms with Gasteiger partial charge in [0.1, 0.15) is 39.5 Å². The third-order valence-corrected chi connectivity index (χ3v) is 3.64. The molecule has 7 heteroatoms. The molecule has 0 aromatic carbocycles. The third-order valence-electron chi connectivity index (χ3n) is 3.64. The summed E-state index contributed by atoms with van der Waals surface area (Å²) < 4.78 is 15.8. The molecular weight excluding hydrogens is 338 g/mol. The van der Waals surface area contributed by atoms with Crippen LogP contribution in [-0.4, -0.2) is 68.9 Å². The summed E-state index contributed by atoms with van der Waals surface area (Å²) in [5, 5.41) is 0. The van der Waals surface area contributed by atoms with Crippen molar-refractivity contribution in [2.45, 2.75) is 20.8 Å². The van der Waals surface area contributed by atoms with Crippen molar-refractivity contribution in [3.8, 4) is 0 Å². The molecule has 0 radical (unpaired) electrons. The molecule has 0 aliphatic heterocycles. The Balaban J connectivity index is 4.67. The summed E-state index contributed by atoms with van der Waals surface area (Å²) in [5.41, 5.74) is 0.972. The Kier molecular flexibility index (Phi) is 10.2. The molecule has 0 N–H and O–H groups in total. The van der Waals surface area contributed by atoms with E-state index in [2.05, 4.69) is 19.7 Å². The topological polar surface area (TPSA) is 78.9 Å². The standard InChI is InChI=1S/C19H30NO6/c1-14(2)17(21)24-11-8-20(7,9-12-25-18(22)15(3)4)10-13-26-19(23)16(5)6/h1,3,5,8-13H2,2,4,6-7H3/q+1. The Morgan fingerprint density at radius 1 is 0.654 bits per heavy atom. The highest BCUT2D eigenvalue weighted by atomic mass is 16.5. The van der Waals surface area contributed by atoms with E-state index >= 15 is 0 Å². The Labute approximate surface area is 155 Å². The Bertz CT molecular complexity index is 500. The van der Waals surface area contributed by atoms with Gasteiger partial charge in [0.05, 0.1) is 7.05 Å². The number of hydrogen-bond donors (Lipinski definition) is 0. The van der Waals surface area contributed by atoms with Crippen LogP contribution in [0.1, 0.15) is 20.8 Å². The van der Waals surface area contributed by atoms with Crippen molar-refractivity contribution < 1.29 is 33.1 Å². The monoisotopic (exact) mass is 368 g/mol. The highest BCUT2D eigenvalue weighted by Crippen LogP contribution is 2.05. The minimum Gasteiger partial charge on any atom is -0.456 e. The van der Waals surface area contributed by atoms with Crippen molar-refractivity contribution in [1.82, 2.24) is 0 Å². The van der Waals surface area contributed by atoms with Crippen LogP contribution in [-0.2, 0) is 28.6 Å². The van der Waals surface area contributed by atoms with Gasteiger partial charge >= 0.3 is 17.9 Å². The lowest BCUT2D eigenvalue weighted by Gasteiger charge is -2.33. The first-order valence-electron chi connectivity index (χ1n) is 8.30. The van der Waals surface area contributed by atoms with Gasteiger partial charge in [-0.25, -0.2) is 14.4 Å². The molecule has 0 aromatic rings. The Morgan fingerprint density at radius 2 is 0.885 bits per heavy atom. The van der Waals surface area contributed by atoms with Crippen LogP contribution >= 0.6 is 0 Å². The molecule has 146 valence electrons. The molecule has 0 aromatic heterocycles. The molecule has 26 heavy (non-hydrogen) atoms. The van der Waals surface area contributed by atoms with Crippen molar-refractivity contribution in [2.24, 2.45) is 0 Å². The zero-order chi connectivity index (χ0) is 20.3. The normalized spacial score (nSPS) is 10.6. The van der Waals surface area contributed by atoms with E-state index in [1.807, 2.05) is 7.05 Å². The van der Waals surface area contributed by atoms with E-state index in [-0.39, 0.29) is 19.8 Å². The van der Waals surface area contributed by atoms with Crippen LogP contribution in [0.2, 0.25) is 0 Å². The lowest BCUT2D eigenvalue weighted by molar-refractivity contribution is -0.910. The molecule has 0 fully saturated rings. The van der Waals surface area contributed by atoms with Crippen LogP contribution < -0.4 is 0 Å². The van der Waals surface area contributed by atoms with Gasteiger partial charge in [-0.2, -0.15) is 0 Å². The van der Waals surface area contributed by atoms with Gasteiger partial charge in [0.2, 0.25) is 0 Å². The lowest BCUT2D eigenvalue weighted by atomic mass is 10.3. The van der Waals surface area contributed by atoms with E-state index in [9.17, 15) is 14.4 Å². The minimum absolute atomic E-state index is 0.172. The molecule has 0 spiro atoms. The molecule has 0 heterocycles. The van der Waals surface area contributed by atoms with Gasteiger partial charge in [-0.15, -0.1) is 0 Å². The Morgan fingerprint density at radius 3 is 1.08 bits per heavy atom. The predicted molar refractivity (Wildman–Crippen MR) is 98.1 cm³/mol. The quantitative estimate of drug-likeness (QED) is 0.226. The lowest BCUT2D eigenvalue weighted by Crippen LogP contribution is -2.51. The van der Waals surface area contributed by atoms with Gasteiger partial charge < -0.3 is 18.7 Å². The van der Waals surface area contributed by atoms with Gasteiger partial charge in [0.25, 0.3) is 0 Å². The van der Waals surface area contributed by atoms with Crippen LogP contribution in [0, 0.1) is 0 Å². The van der Waals surface area contributed by atoms with Gasteiger partial charge in [-0.05, 0) is 20.8 Å². The molecule has 0 bridgehead atoms. The second-order valence-electron chi connectivity index (χ2n) is 6.54. The molecule has 0 atom stereocenters. The minimum atomic E-state index is -0.459. The molecule has 0 saturated carbocycles. The second-order valence-corrected chi connectivity index (χ2v) is 6.54. The molecule has 0 saturated heterocycles. The highest BCUT2D eigenvalue weighted by Gasteiger charge is 2.24. The second kappa shape index (κ2) is 11.3. The molecule has 0 amide bonds. The van der Waals surface area contributed by atoms with E-state index in [0.717, 1.165) is 0 Å². The van der Waals surface area contributed by atoms with E-state index in [1.54, 1.807) is 20.8 Å². The highest BCUT2D eigenvalue weighted by molar-refractivity contribution is 5.87. The fraction of sp³-hybridized carbons (Fsp3) is 0.526. The molecule has 0 aliphatic rings. The summed E-state index contributed by atoms with van der Waals surface area (Å²) in [7, 11) is 1.90. The number of rotatable bonds is 12. The van der Waals surface area contributed by atoms with Crippen molar-refractivity contribution in [3.05, 3.63) is 36.5 Å². The number of ether oxygens (including phenoxy) is 3. The van der Waals surface area contributed by atoms with Crippen molar-refractivity contribution in [1.29, 1.82) is 0 Å². The number of carbonyl (C=O) groups excluding carboxylic acids is 3. The number of carbonyl (C=O) groups is 3. The first-order valence-corrected chi connectivity index (χ1v) is 8.30. The first-order chi connectivity index (χ1) is 12.0. The third kappa shape index (κ3) is 9.78. The molecular formula is C19H30NO6+. The summed E-state index contributed by atoms with van der Waals surface area (Å²) in [6.07, 6.45) is 0. The zero-order valence-corrected chi connectivity index (χ0v) is 16.3. The van der Waals surface area contributed by atoms with Crippen LogP contribution in [0.25, 0.3) is 0 Å². The Hall–Kier alpha value is -2.41. The van der Waals surface area contributed by atoms with Crippen molar-refractivity contribution >= 4 is 17.9 Å². The number of quaternary nitrogens is 1. The van der Waals surface area contributed by atoms with Gasteiger partial charge in [-0.1, -0.05) is 19.7 Å². The molecule has 0 aliphatic carbocycles. The fourth-order valence-electron chi connectivity index (χ4n) is 1.78. The number of nitrogens with zero attached hydrogens (tertiary/aromatic N) is 1. The summed E-state index contributed by atoms with van der Waals surface area (Å²) in [4.78, 5) is 34.5. The first kappa shape index (κ1) is 23.6. The predicted octanol–water partition coefficient (Wildman–Crippen LogP) is 1.79. The largest absolute Gasteiger partial charge is 0.456 e. The van der Waals surface area contributed by atoms with Gasteiger partial charge in [0.15, 0.2) is 0 Å². The molecule has 7 nitrogen and oxygen atoms in total. The van der Waals surface area contributed by atoms with E-state index in [0.29, 0.717) is 40.8 Å². The van der Waals surface area contributed by atoms with Crippen LogP contribution in [0.4, 0.5) is 0 Å². The maximum Gasteiger partial charge on any atom is 0.333 e. The average molecular weight is 368 g/mol. The number of likely N-dealkylation sites (N-methyl/N-ethyl adjacent to an activating group) is 1. The smallest absolute Gasteiger partial charge is 0.333 e. The summed E-state index contributed by atoms with van der Waals surface area (Å²) >= 11 is 0. The van der Waals surface area contributed by atoms with E-state index in [1.165, 1.54) is 0 Å². The van der Waals surface area contributed by atoms with Gasteiger partial charge in [-0.3, -0.25) is 0 Å². The number of hydrogen-bond acceptors (Lipinski definition) is 6. The van der Waals surface area contributed by atoms with E-state index < -0.39 is 17.9 Å².